The molecule has 1 aromatic heterocycles. The lowest BCUT2D eigenvalue weighted by Crippen LogP contribution is -2.01. The molecular formula is C12H12Cl2N4. The van der Waals surface area contributed by atoms with E-state index in [4.69, 9.17) is 34.7 Å². The van der Waals surface area contributed by atoms with Gasteiger partial charge in [0, 0.05) is 5.02 Å². The van der Waals surface area contributed by atoms with E-state index in [0.717, 1.165) is 5.56 Å². The van der Waals surface area contributed by atoms with Crippen molar-refractivity contribution in [3.05, 3.63) is 39.9 Å². The quantitative estimate of drug-likeness (QED) is 0.787. The molecule has 0 radical (unpaired) electrons. The molecule has 0 aliphatic carbocycles. The molecule has 5 N–H and O–H groups in total. The second-order valence-electron chi connectivity index (χ2n) is 3.88. The number of nitrogens with one attached hydrogen (secondary N) is 1. The van der Waals surface area contributed by atoms with Gasteiger partial charge in [0.15, 0.2) is 0 Å². The molecule has 18 heavy (non-hydrogen) atoms. The number of anilines is 4. The Labute approximate surface area is 115 Å². The maximum absolute atomic E-state index is 6.12. The molecule has 1 aromatic carbocycles. The molecule has 0 amide bonds. The van der Waals surface area contributed by atoms with Crippen molar-refractivity contribution in [3.8, 4) is 0 Å². The topological polar surface area (TPSA) is 77.0 Å². The fourth-order valence-electron chi connectivity index (χ4n) is 1.44. The summed E-state index contributed by atoms with van der Waals surface area (Å²) < 4.78 is 0. The van der Waals surface area contributed by atoms with Crippen LogP contribution in [0.5, 0.6) is 0 Å². The highest BCUT2D eigenvalue weighted by Gasteiger charge is 2.06. The molecule has 4 nitrogen and oxygen atoms in total. The zero-order chi connectivity index (χ0) is 13.3. The van der Waals surface area contributed by atoms with Gasteiger partial charge >= 0.3 is 0 Å². The molecule has 0 saturated carbocycles. The van der Waals surface area contributed by atoms with Crippen molar-refractivity contribution in [2.24, 2.45) is 0 Å². The lowest BCUT2D eigenvalue weighted by molar-refractivity contribution is 1.31. The molecule has 0 fully saturated rings. The van der Waals surface area contributed by atoms with Crippen molar-refractivity contribution in [2.75, 3.05) is 16.8 Å². The van der Waals surface area contributed by atoms with Gasteiger partial charge in [0.1, 0.15) is 11.6 Å². The summed E-state index contributed by atoms with van der Waals surface area (Å²) in [6, 6.07) is 6.92. The SMILES string of the molecule is Cc1cc(Cl)c(Nc2ccc(N)c(N)n2)cc1Cl. The van der Waals surface area contributed by atoms with Crippen LogP contribution in [0.2, 0.25) is 10.0 Å². The summed E-state index contributed by atoms with van der Waals surface area (Å²) in [4.78, 5) is 4.10. The Bertz CT molecular complexity index is 599. The first-order valence-electron chi connectivity index (χ1n) is 5.22. The molecule has 0 saturated heterocycles. The van der Waals surface area contributed by atoms with Crippen molar-refractivity contribution < 1.29 is 0 Å². The van der Waals surface area contributed by atoms with Crippen LogP contribution < -0.4 is 16.8 Å². The van der Waals surface area contributed by atoms with Crippen molar-refractivity contribution in [3.63, 3.8) is 0 Å². The van der Waals surface area contributed by atoms with Gasteiger partial charge < -0.3 is 16.8 Å². The average Bonchev–Trinajstić information content (AvgIpc) is 2.31. The molecule has 0 spiro atoms. The summed E-state index contributed by atoms with van der Waals surface area (Å²) in [6.45, 7) is 1.89. The Morgan fingerprint density at radius 1 is 1.11 bits per heavy atom. The third-order valence-corrected chi connectivity index (χ3v) is 3.19. The van der Waals surface area contributed by atoms with Crippen molar-refractivity contribution in [1.82, 2.24) is 4.98 Å². The van der Waals surface area contributed by atoms with Crippen LogP contribution in [0.1, 0.15) is 5.56 Å². The minimum absolute atomic E-state index is 0.273. The average molecular weight is 283 g/mol. The third kappa shape index (κ3) is 2.60. The van der Waals surface area contributed by atoms with Crippen LogP contribution in [0.4, 0.5) is 23.0 Å². The molecular weight excluding hydrogens is 271 g/mol. The number of hydrogen-bond acceptors (Lipinski definition) is 4. The zero-order valence-corrected chi connectivity index (χ0v) is 11.2. The van der Waals surface area contributed by atoms with E-state index in [9.17, 15) is 0 Å². The van der Waals surface area contributed by atoms with E-state index < -0.39 is 0 Å². The van der Waals surface area contributed by atoms with Crippen LogP contribution in [0.25, 0.3) is 0 Å². The first-order valence-corrected chi connectivity index (χ1v) is 5.97. The first kappa shape index (κ1) is 12.8. The van der Waals surface area contributed by atoms with E-state index in [-0.39, 0.29) is 5.82 Å². The Balaban J connectivity index is 2.34. The van der Waals surface area contributed by atoms with Gasteiger partial charge in [0.05, 0.1) is 16.4 Å². The maximum atomic E-state index is 6.12. The summed E-state index contributed by atoms with van der Waals surface area (Å²) in [5, 5.41) is 4.24. The predicted octanol–water partition coefficient (Wildman–Crippen LogP) is 3.60. The molecule has 0 aliphatic rings. The molecule has 0 unspecified atom stereocenters. The fraction of sp³-hybridized carbons (Fsp3) is 0.0833. The zero-order valence-electron chi connectivity index (χ0n) is 9.67. The van der Waals surface area contributed by atoms with Gasteiger partial charge in [0.25, 0.3) is 0 Å². The normalized spacial score (nSPS) is 10.4. The molecule has 2 aromatic rings. The van der Waals surface area contributed by atoms with Gasteiger partial charge in [-0.2, -0.15) is 0 Å². The summed E-state index contributed by atoms with van der Waals surface area (Å²) in [6.07, 6.45) is 0. The van der Waals surface area contributed by atoms with Gasteiger partial charge in [-0.25, -0.2) is 4.98 Å². The number of rotatable bonds is 2. The smallest absolute Gasteiger partial charge is 0.149 e. The maximum Gasteiger partial charge on any atom is 0.149 e. The Kier molecular flexibility index (Phi) is 3.50. The van der Waals surface area contributed by atoms with E-state index in [1.165, 1.54) is 0 Å². The van der Waals surface area contributed by atoms with Crippen LogP contribution in [0.15, 0.2) is 24.3 Å². The Morgan fingerprint density at radius 2 is 1.83 bits per heavy atom. The van der Waals surface area contributed by atoms with Crippen LogP contribution in [0, 0.1) is 6.92 Å². The standard InChI is InChI=1S/C12H12Cl2N4/c1-6-4-8(14)10(5-7(6)13)17-11-3-2-9(15)12(16)18-11/h2-5H,15H2,1H3,(H3,16,17,18). The molecule has 6 heteroatoms. The summed E-state index contributed by atoms with van der Waals surface area (Å²) in [5.74, 6) is 0.831. The number of nitrogens with zero attached hydrogens (tertiary/aromatic N) is 1. The molecule has 1 heterocycles. The summed E-state index contributed by atoms with van der Waals surface area (Å²) in [5.41, 5.74) is 13.2. The molecule has 0 bridgehead atoms. The first-order chi connectivity index (χ1) is 8.47. The molecule has 0 aliphatic heterocycles. The van der Waals surface area contributed by atoms with E-state index in [1.807, 2.05) is 6.92 Å². The highest BCUT2D eigenvalue weighted by Crippen LogP contribution is 2.31. The second-order valence-corrected chi connectivity index (χ2v) is 4.69. The second kappa shape index (κ2) is 4.92. The minimum Gasteiger partial charge on any atom is -0.396 e. The minimum atomic E-state index is 0.273. The largest absolute Gasteiger partial charge is 0.396 e. The number of nitrogen functional groups attached to an aromatic ring is 2. The number of aromatic nitrogens is 1. The van der Waals surface area contributed by atoms with Gasteiger partial charge in [-0.1, -0.05) is 23.2 Å². The highest BCUT2D eigenvalue weighted by molar-refractivity contribution is 6.35. The lowest BCUT2D eigenvalue weighted by atomic mass is 10.2. The summed E-state index contributed by atoms with van der Waals surface area (Å²) >= 11 is 12.2. The van der Waals surface area contributed by atoms with E-state index >= 15 is 0 Å². The van der Waals surface area contributed by atoms with E-state index in [0.29, 0.717) is 27.2 Å². The van der Waals surface area contributed by atoms with Gasteiger partial charge in [-0.05, 0) is 36.8 Å². The predicted molar refractivity (Wildman–Crippen MR) is 77.5 cm³/mol. The van der Waals surface area contributed by atoms with Crippen molar-refractivity contribution in [1.29, 1.82) is 0 Å². The molecule has 0 atom stereocenters. The number of aryl methyl sites for hydroxylation is 1. The van der Waals surface area contributed by atoms with E-state index in [1.54, 1.807) is 24.3 Å². The van der Waals surface area contributed by atoms with Gasteiger partial charge in [0.2, 0.25) is 0 Å². The molecule has 2 rings (SSSR count). The van der Waals surface area contributed by atoms with Gasteiger partial charge in [-0.15, -0.1) is 0 Å². The monoisotopic (exact) mass is 282 g/mol. The Morgan fingerprint density at radius 3 is 2.50 bits per heavy atom. The van der Waals surface area contributed by atoms with Crippen molar-refractivity contribution >= 4 is 46.2 Å². The Hall–Kier alpha value is -1.65. The third-order valence-electron chi connectivity index (χ3n) is 2.47. The van der Waals surface area contributed by atoms with Crippen LogP contribution in [-0.4, -0.2) is 4.98 Å². The van der Waals surface area contributed by atoms with Crippen LogP contribution >= 0.6 is 23.2 Å². The number of hydrogen-bond donors (Lipinski definition) is 3. The fourth-order valence-corrected chi connectivity index (χ4v) is 1.86. The van der Waals surface area contributed by atoms with Crippen molar-refractivity contribution in [2.45, 2.75) is 6.92 Å². The number of halogens is 2. The number of pyridine rings is 1. The molecule has 94 valence electrons. The summed E-state index contributed by atoms with van der Waals surface area (Å²) in [7, 11) is 0. The number of benzene rings is 1. The lowest BCUT2D eigenvalue weighted by Gasteiger charge is -2.10. The highest BCUT2D eigenvalue weighted by atomic mass is 35.5. The van der Waals surface area contributed by atoms with Crippen LogP contribution in [0.3, 0.4) is 0 Å². The van der Waals surface area contributed by atoms with Gasteiger partial charge in [-0.3, -0.25) is 0 Å². The van der Waals surface area contributed by atoms with E-state index in [2.05, 4.69) is 10.3 Å². The van der Waals surface area contributed by atoms with Crippen LogP contribution in [-0.2, 0) is 0 Å². The number of nitrogens with two attached hydrogens (primary N) is 2.